The molecule has 0 aliphatic heterocycles. The predicted molar refractivity (Wildman–Crippen MR) is 94.1 cm³/mol. The molecule has 6 nitrogen and oxygen atoms in total. The van der Waals surface area contributed by atoms with E-state index in [9.17, 15) is 9.59 Å². The number of aryl methyl sites for hydroxylation is 1. The molecule has 2 amide bonds. The average Bonchev–Trinajstić information content (AvgIpc) is 2.64. The zero-order valence-electron chi connectivity index (χ0n) is 14.3. The van der Waals surface area contributed by atoms with Gasteiger partial charge in [0.15, 0.2) is 12.7 Å². The van der Waals surface area contributed by atoms with Gasteiger partial charge in [-0.1, -0.05) is 42.8 Å². The van der Waals surface area contributed by atoms with E-state index in [0.29, 0.717) is 17.9 Å². The lowest BCUT2D eigenvalue weighted by Gasteiger charge is -2.17. The first-order valence-electron chi connectivity index (χ1n) is 8.08. The molecule has 0 radical (unpaired) electrons. The van der Waals surface area contributed by atoms with Crippen molar-refractivity contribution in [2.75, 3.05) is 6.61 Å². The van der Waals surface area contributed by atoms with Crippen molar-refractivity contribution in [3.63, 3.8) is 0 Å². The van der Waals surface area contributed by atoms with Crippen LogP contribution in [0.5, 0.6) is 11.5 Å². The highest BCUT2D eigenvalue weighted by atomic mass is 16.5. The smallest absolute Gasteiger partial charge is 0.279 e. The molecule has 1 unspecified atom stereocenters. The van der Waals surface area contributed by atoms with Gasteiger partial charge in [-0.3, -0.25) is 20.4 Å². The number of carbonyl (C=O) groups is 2. The van der Waals surface area contributed by atoms with Gasteiger partial charge >= 0.3 is 0 Å². The Kier molecular flexibility index (Phi) is 6.83. The Morgan fingerprint density at radius 3 is 2.28 bits per heavy atom. The van der Waals surface area contributed by atoms with Gasteiger partial charge in [-0.05, 0) is 37.6 Å². The van der Waals surface area contributed by atoms with E-state index < -0.39 is 17.9 Å². The molecule has 0 saturated carbocycles. The molecule has 6 heteroatoms. The third kappa shape index (κ3) is 6.18. The third-order valence-electron chi connectivity index (χ3n) is 3.40. The van der Waals surface area contributed by atoms with Crippen LogP contribution in [0.2, 0.25) is 0 Å². The average molecular weight is 342 g/mol. The van der Waals surface area contributed by atoms with Gasteiger partial charge < -0.3 is 9.47 Å². The summed E-state index contributed by atoms with van der Waals surface area (Å²) in [6.07, 6.45) is -0.228. The number of rotatable bonds is 7. The van der Waals surface area contributed by atoms with Gasteiger partial charge in [0, 0.05) is 0 Å². The van der Waals surface area contributed by atoms with Crippen molar-refractivity contribution >= 4 is 11.8 Å². The van der Waals surface area contributed by atoms with E-state index in [0.717, 1.165) is 5.56 Å². The van der Waals surface area contributed by atoms with E-state index in [1.165, 1.54) is 0 Å². The maximum atomic E-state index is 12.1. The van der Waals surface area contributed by atoms with Crippen LogP contribution in [0.3, 0.4) is 0 Å². The van der Waals surface area contributed by atoms with Crippen LogP contribution in [0.25, 0.3) is 0 Å². The first kappa shape index (κ1) is 18.3. The van der Waals surface area contributed by atoms with Crippen LogP contribution in [-0.2, 0) is 9.59 Å². The number of para-hydroxylation sites is 1. The molecule has 0 saturated heterocycles. The molecule has 132 valence electrons. The minimum absolute atomic E-state index is 0.195. The minimum Gasteiger partial charge on any atom is -0.484 e. The van der Waals surface area contributed by atoms with E-state index in [-0.39, 0.29) is 6.61 Å². The van der Waals surface area contributed by atoms with Crippen LogP contribution < -0.4 is 20.3 Å². The standard InChI is InChI=1S/C19H22N2O4/c1-3-17(25-16-11-9-14(2)10-12-16)19(23)21-20-18(22)13-24-15-7-5-4-6-8-15/h4-12,17H,3,13H2,1-2H3,(H,20,22)(H,21,23). The Balaban J connectivity index is 1.77. The van der Waals surface area contributed by atoms with Crippen molar-refractivity contribution in [3.05, 3.63) is 60.2 Å². The minimum atomic E-state index is -0.696. The quantitative estimate of drug-likeness (QED) is 0.758. The van der Waals surface area contributed by atoms with Gasteiger partial charge in [0.1, 0.15) is 11.5 Å². The lowest BCUT2D eigenvalue weighted by Crippen LogP contribution is -2.49. The number of hydrogen-bond donors (Lipinski definition) is 2. The molecule has 0 fully saturated rings. The van der Waals surface area contributed by atoms with E-state index in [1.807, 2.05) is 44.2 Å². The summed E-state index contributed by atoms with van der Waals surface area (Å²) in [7, 11) is 0. The van der Waals surface area contributed by atoms with Gasteiger partial charge in [0.2, 0.25) is 0 Å². The second-order valence-electron chi connectivity index (χ2n) is 5.47. The predicted octanol–water partition coefficient (Wildman–Crippen LogP) is 2.38. The normalized spacial score (nSPS) is 11.3. The number of benzene rings is 2. The van der Waals surface area contributed by atoms with Gasteiger partial charge in [-0.15, -0.1) is 0 Å². The molecule has 0 spiro atoms. The molecule has 2 N–H and O–H groups in total. The largest absolute Gasteiger partial charge is 0.484 e. The summed E-state index contributed by atoms with van der Waals surface area (Å²) in [5, 5.41) is 0. The Bertz CT molecular complexity index is 686. The fraction of sp³-hybridized carbons (Fsp3) is 0.263. The molecule has 2 aromatic carbocycles. The molecule has 25 heavy (non-hydrogen) atoms. The highest BCUT2D eigenvalue weighted by molar-refractivity contribution is 5.85. The molecule has 0 aliphatic carbocycles. The number of carbonyl (C=O) groups excluding carboxylic acids is 2. The van der Waals surface area contributed by atoms with Crippen molar-refractivity contribution in [1.29, 1.82) is 0 Å². The van der Waals surface area contributed by atoms with Crippen LogP contribution in [0, 0.1) is 6.92 Å². The Hall–Kier alpha value is -3.02. The van der Waals surface area contributed by atoms with Gasteiger partial charge in [0.05, 0.1) is 0 Å². The van der Waals surface area contributed by atoms with E-state index in [2.05, 4.69) is 10.9 Å². The molecule has 0 aromatic heterocycles. The highest BCUT2D eigenvalue weighted by Gasteiger charge is 2.19. The Morgan fingerprint density at radius 1 is 0.960 bits per heavy atom. The first-order valence-corrected chi connectivity index (χ1v) is 8.08. The molecule has 0 bridgehead atoms. The number of ether oxygens (including phenoxy) is 2. The fourth-order valence-corrected chi connectivity index (χ4v) is 2.02. The van der Waals surface area contributed by atoms with Crippen molar-refractivity contribution in [2.24, 2.45) is 0 Å². The molecule has 2 rings (SSSR count). The second kappa shape index (κ2) is 9.32. The monoisotopic (exact) mass is 342 g/mol. The molecular weight excluding hydrogens is 320 g/mol. The third-order valence-corrected chi connectivity index (χ3v) is 3.40. The summed E-state index contributed by atoms with van der Waals surface area (Å²) in [4.78, 5) is 23.9. The Morgan fingerprint density at radius 2 is 1.64 bits per heavy atom. The lowest BCUT2D eigenvalue weighted by atomic mass is 10.2. The maximum Gasteiger partial charge on any atom is 0.279 e. The van der Waals surface area contributed by atoms with E-state index >= 15 is 0 Å². The molecule has 1 atom stereocenters. The zero-order valence-corrected chi connectivity index (χ0v) is 14.3. The van der Waals surface area contributed by atoms with Crippen molar-refractivity contribution < 1.29 is 19.1 Å². The second-order valence-corrected chi connectivity index (χ2v) is 5.47. The zero-order chi connectivity index (χ0) is 18.1. The van der Waals surface area contributed by atoms with Crippen LogP contribution >= 0.6 is 0 Å². The number of hydrazine groups is 1. The molecule has 2 aromatic rings. The summed E-state index contributed by atoms with van der Waals surface area (Å²) in [5.41, 5.74) is 5.78. The van der Waals surface area contributed by atoms with Crippen LogP contribution in [-0.4, -0.2) is 24.5 Å². The number of amides is 2. The summed E-state index contributed by atoms with van der Waals surface area (Å²) in [6.45, 7) is 3.61. The molecular formula is C19H22N2O4. The highest BCUT2D eigenvalue weighted by Crippen LogP contribution is 2.14. The number of hydrogen-bond acceptors (Lipinski definition) is 4. The topological polar surface area (TPSA) is 76.7 Å². The Labute approximate surface area is 147 Å². The van der Waals surface area contributed by atoms with Crippen LogP contribution in [0.15, 0.2) is 54.6 Å². The van der Waals surface area contributed by atoms with Crippen molar-refractivity contribution in [1.82, 2.24) is 10.9 Å². The van der Waals surface area contributed by atoms with E-state index in [1.54, 1.807) is 24.3 Å². The lowest BCUT2D eigenvalue weighted by molar-refractivity contribution is -0.134. The SMILES string of the molecule is CCC(Oc1ccc(C)cc1)C(=O)NNC(=O)COc1ccccc1. The first-order chi connectivity index (χ1) is 12.1. The van der Waals surface area contributed by atoms with Crippen LogP contribution in [0.1, 0.15) is 18.9 Å². The van der Waals surface area contributed by atoms with Crippen molar-refractivity contribution in [2.45, 2.75) is 26.4 Å². The van der Waals surface area contributed by atoms with Gasteiger partial charge in [-0.25, -0.2) is 0 Å². The van der Waals surface area contributed by atoms with Gasteiger partial charge in [-0.2, -0.15) is 0 Å². The molecule has 0 heterocycles. The molecule has 0 aliphatic rings. The van der Waals surface area contributed by atoms with E-state index in [4.69, 9.17) is 9.47 Å². The van der Waals surface area contributed by atoms with Crippen LogP contribution in [0.4, 0.5) is 0 Å². The summed E-state index contributed by atoms with van der Waals surface area (Å²) >= 11 is 0. The van der Waals surface area contributed by atoms with Gasteiger partial charge in [0.25, 0.3) is 11.8 Å². The summed E-state index contributed by atoms with van der Waals surface area (Å²) in [5.74, 6) is 0.308. The maximum absolute atomic E-state index is 12.1. The van der Waals surface area contributed by atoms with Crippen molar-refractivity contribution in [3.8, 4) is 11.5 Å². The number of nitrogens with one attached hydrogen (secondary N) is 2. The fourth-order valence-electron chi connectivity index (χ4n) is 2.02. The summed E-state index contributed by atoms with van der Waals surface area (Å²) < 4.78 is 10.9. The summed E-state index contributed by atoms with van der Waals surface area (Å²) in [6, 6.07) is 16.4.